The third-order valence-corrected chi connectivity index (χ3v) is 11.6. The zero-order valence-corrected chi connectivity index (χ0v) is 46.5. The van der Waals surface area contributed by atoms with E-state index in [1.54, 1.807) is 5.57 Å². The minimum Gasteiger partial charge on any atom is -0.0984 e. The van der Waals surface area contributed by atoms with Crippen molar-refractivity contribution in [3.05, 3.63) is 274 Å². The average Bonchev–Trinajstić information content (AvgIpc) is 4.18. The van der Waals surface area contributed by atoms with Gasteiger partial charge in [-0.15, -0.1) is 0 Å². The van der Waals surface area contributed by atoms with Gasteiger partial charge >= 0.3 is 0 Å². The summed E-state index contributed by atoms with van der Waals surface area (Å²) in [4.78, 5) is 0. The highest BCUT2D eigenvalue weighted by atomic mass is 14.6. The van der Waals surface area contributed by atoms with E-state index in [4.69, 9.17) is 0 Å². The summed E-state index contributed by atoms with van der Waals surface area (Å²) in [6.07, 6.45) is 50.4. The molecule has 0 aliphatic heterocycles. The first-order valence-electron chi connectivity index (χ1n) is 26.3. The Labute approximate surface area is 430 Å². The van der Waals surface area contributed by atoms with Gasteiger partial charge in [0.2, 0.25) is 0 Å². The molecule has 70 heavy (non-hydrogen) atoms. The fourth-order valence-corrected chi connectivity index (χ4v) is 8.22. The molecule has 0 saturated carbocycles. The Balaban J connectivity index is 0.000000452. The Bertz CT molecular complexity index is 2440. The van der Waals surface area contributed by atoms with Crippen LogP contribution in [0.5, 0.6) is 0 Å². The summed E-state index contributed by atoms with van der Waals surface area (Å²) in [6.45, 7) is 35.0. The maximum atomic E-state index is 3.90. The van der Waals surface area contributed by atoms with E-state index in [0.717, 1.165) is 6.42 Å². The highest BCUT2D eigenvalue weighted by Gasteiger charge is 2.54. The third kappa shape index (κ3) is 20.8. The Morgan fingerprint density at radius 1 is 0.657 bits per heavy atom. The smallest absolute Gasteiger partial charge is 0.0664 e. The van der Waals surface area contributed by atoms with Crippen LogP contribution >= 0.6 is 0 Å². The van der Waals surface area contributed by atoms with Gasteiger partial charge in [-0.3, -0.25) is 0 Å². The molecule has 0 amide bonds. The molecule has 0 radical (unpaired) electrons. The second kappa shape index (κ2) is 36.7. The van der Waals surface area contributed by atoms with Gasteiger partial charge in [-0.05, 0) is 157 Å². The van der Waals surface area contributed by atoms with Gasteiger partial charge in [-0.1, -0.05) is 271 Å². The summed E-state index contributed by atoms with van der Waals surface area (Å²) in [5.41, 5.74) is 19.2. The molecule has 0 spiro atoms. The van der Waals surface area contributed by atoms with Crippen LogP contribution in [0.25, 0.3) is 11.1 Å². The van der Waals surface area contributed by atoms with Crippen LogP contribution in [0.15, 0.2) is 257 Å². The van der Waals surface area contributed by atoms with Gasteiger partial charge in [-0.2, -0.15) is 0 Å². The molecule has 7 rings (SSSR count). The van der Waals surface area contributed by atoms with E-state index >= 15 is 0 Å². The van der Waals surface area contributed by atoms with Crippen LogP contribution in [0.2, 0.25) is 0 Å². The van der Waals surface area contributed by atoms with Crippen molar-refractivity contribution in [1.82, 2.24) is 0 Å². The number of rotatable bonds is 10. The standard InChI is InChI=1S/C19H20.C16H22.C15H18.C14H14.3C2H6/c1-3-10-15(4-2)19(16-11-6-5-7-12-16)17-13-8-9-14-18(17)19;1-5-15(11-10-13(2)3)16-9-7-6-8-14(4)12-16;1-3-9-14(2)10-8-13-15-11-6-4-5-7-12-15;1-11-7-9-13(10-8-11)14-6-4-3-5-12(14)2;3*1-2/h3-8,10-13H,9,14H2,1-2H3;5,9-12H,1,6-8H2,2-4H3;3-6,8-13H,7H2,1-2H3;3-10H,1-2H3;3*1-2H3/b10-3-,15-4+;15-11+;9-3-,13-8+,14-10-;;;;. The number of hydrogen-bond donors (Lipinski definition) is 0. The summed E-state index contributed by atoms with van der Waals surface area (Å²) >= 11 is 0. The van der Waals surface area contributed by atoms with E-state index < -0.39 is 0 Å². The van der Waals surface area contributed by atoms with Gasteiger partial charge in [0.25, 0.3) is 0 Å². The fraction of sp³-hybridized carbons (Fsp3) is 0.314. The van der Waals surface area contributed by atoms with E-state index in [1.807, 2.05) is 54.5 Å². The first-order chi connectivity index (χ1) is 34.1. The fourth-order valence-electron chi connectivity index (χ4n) is 8.22. The van der Waals surface area contributed by atoms with Crippen LogP contribution in [-0.4, -0.2) is 0 Å². The molecule has 0 N–H and O–H groups in total. The van der Waals surface area contributed by atoms with Crippen molar-refractivity contribution >= 4 is 0 Å². The SMILES string of the molecule is C/C=C\C(=C/C)C1(c2ccccc2)C2=C1CCC=C2.C=C/C(=C\C=C(C)C)C1=CCCCC(C)=C1.CC.CC.CC.C\C=C/C(C)=C\C=C\C1=CCC=CC=C1.Cc1ccc(-c2ccccc2C)cc1. The highest BCUT2D eigenvalue weighted by Crippen LogP contribution is 2.63. The van der Waals surface area contributed by atoms with E-state index in [9.17, 15) is 0 Å². The summed E-state index contributed by atoms with van der Waals surface area (Å²) < 4.78 is 0. The van der Waals surface area contributed by atoms with Gasteiger partial charge in [-0.25, -0.2) is 0 Å². The molecular formula is C70H92. The number of aryl methyl sites for hydroxylation is 2. The molecule has 1 unspecified atom stereocenters. The Morgan fingerprint density at radius 2 is 1.33 bits per heavy atom. The quantitative estimate of drug-likeness (QED) is 0.178. The number of allylic oxidation sites excluding steroid dienone is 29. The molecule has 0 nitrogen and oxygen atoms in total. The summed E-state index contributed by atoms with van der Waals surface area (Å²) in [5.74, 6) is 0. The molecule has 0 fully saturated rings. The molecule has 0 heterocycles. The first kappa shape index (κ1) is 61.8. The molecule has 3 aromatic carbocycles. The van der Waals surface area contributed by atoms with Gasteiger partial charge in [0, 0.05) is 0 Å². The van der Waals surface area contributed by atoms with Crippen molar-refractivity contribution in [2.24, 2.45) is 0 Å². The maximum absolute atomic E-state index is 3.90. The largest absolute Gasteiger partial charge is 0.0984 e. The van der Waals surface area contributed by atoms with Gasteiger partial charge in [0.15, 0.2) is 0 Å². The topological polar surface area (TPSA) is 0 Å². The zero-order valence-electron chi connectivity index (χ0n) is 46.5. The Hall–Kier alpha value is -6.24. The Kier molecular flexibility index (Phi) is 32.4. The third-order valence-electron chi connectivity index (χ3n) is 11.6. The summed E-state index contributed by atoms with van der Waals surface area (Å²) in [5, 5.41) is 0. The monoisotopic (exact) mass is 933 g/mol. The van der Waals surface area contributed by atoms with Gasteiger partial charge < -0.3 is 0 Å². The number of benzene rings is 3. The van der Waals surface area contributed by atoms with Crippen LogP contribution in [-0.2, 0) is 5.41 Å². The lowest BCUT2D eigenvalue weighted by atomic mass is 9.80. The van der Waals surface area contributed by atoms with Crippen molar-refractivity contribution in [2.75, 3.05) is 0 Å². The molecule has 4 aliphatic carbocycles. The summed E-state index contributed by atoms with van der Waals surface area (Å²) in [7, 11) is 0. The van der Waals surface area contributed by atoms with E-state index in [2.05, 4.69) is 256 Å². The minimum absolute atomic E-state index is 0.0789. The molecule has 0 heteroatoms. The lowest BCUT2D eigenvalue weighted by Crippen LogP contribution is -2.15. The second-order valence-corrected chi connectivity index (χ2v) is 17.0. The molecule has 372 valence electrons. The minimum atomic E-state index is 0.0789. The van der Waals surface area contributed by atoms with Gasteiger partial charge in [0.1, 0.15) is 0 Å². The van der Waals surface area contributed by atoms with Crippen LogP contribution in [0.1, 0.15) is 145 Å². The Morgan fingerprint density at radius 3 is 1.93 bits per heavy atom. The maximum Gasteiger partial charge on any atom is 0.0664 e. The molecule has 0 bridgehead atoms. The van der Waals surface area contributed by atoms with Crippen molar-refractivity contribution in [3.63, 3.8) is 0 Å². The van der Waals surface area contributed by atoms with E-state index in [1.165, 1.54) is 105 Å². The van der Waals surface area contributed by atoms with Crippen LogP contribution in [0, 0.1) is 13.8 Å². The molecule has 1 atom stereocenters. The molecule has 0 saturated heterocycles. The number of hydrogen-bond acceptors (Lipinski definition) is 0. The van der Waals surface area contributed by atoms with E-state index in [-0.39, 0.29) is 5.41 Å². The molecule has 3 aromatic rings. The molecule has 0 aromatic heterocycles. The van der Waals surface area contributed by atoms with Crippen molar-refractivity contribution in [2.45, 2.75) is 148 Å². The van der Waals surface area contributed by atoms with Gasteiger partial charge in [0.05, 0.1) is 5.41 Å². The van der Waals surface area contributed by atoms with Crippen molar-refractivity contribution < 1.29 is 0 Å². The predicted molar refractivity (Wildman–Crippen MR) is 320 cm³/mol. The molecule has 4 aliphatic rings. The predicted octanol–water partition coefficient (Wildman–Crippen LogP) is 21.8. The second-order valence-electron chi connectivity index (χ2n) is 17.0. The highest BCUT2D eigenvalue weighted by molar-refractivity contribution is 5.76. The van der Waals surface area contributed by atoms with Crippen LogP contribution in [0.3, 0.4) is 0 Å². The van der Waals surface area contributed by atoms with Crippen LogP contribution < -0.4 is 0 Å². The van der Waals surface area contributed by atoms with Crippen molar-refractivity contribution in [3.8, 4) is 11.1 Å². The van der Waals surface area contributed by atoms with E-state index in [0.29, 0.717) is 0 Å². The van der Waals surface area contributed by atoms with Crippen LogP contribution in [0.4, 0.5) is 0 Å². The average molecular weight is 934 g/mol. The first-order valence-corrected chi connectivity index (χ1v) is 26.3. The van der Waals surface area contributed by atoms with Crippen molar-refractivity contribution in [1.29, 1.82) is 0 Å². The zero-order chi connectivity index (χ0) is 52.2. The normalized spacial score (nSPS) is 17.0. The molecular weight excluding hydrogens is 841 g/mol. The summed E-state index contributed by atoms with van der Waals surface area (Å²) in [6, 6.07) is 28.1. The lowest BCUT2D eigenvalue weighted by Gasteiger charge is -2.22. The lowest BCUT2D eigenvalue weighted by molar-refractivity contribution is 0.832.